The molecule has 1 aliphatic carbocycles. The highest BCUT2D eigenvalue weighted by Gasteiger charge is 2.20. The number of fused-ring (bicyclic) bond motifs is 1. The molecular weight excluding hydrogens is 362 g/mol. The van der Waals surface area contributed by atoms with Crippen molar-refractivity contribution in [2.24, 2.45) is 5.14 Å². The van der Waals surface area contributed by atoms with Gasteiger partial charge in [0.2, 0.25) is 10.0 Å². The van der Waals surface area contributed by atoms with Crippen molar-refractivity contribution in [1.29, 1.82) is 0 Å². The number of hydrogen-bond donors (Lipinski definition) is 1. The molecule has 134 valence electrons. The molecule has 1 aromatic carbocycles. The van der Waals surface area contributed by atoms with Crippen molar-refractivity contribution in [2.45, 2.75) is 30.6 Å². The van der Waals surface area contributed by atoms with Gasteiger partial charge in [-0.1, -0.05) is 0 Å². The molecule has 1 aliphatic rings. The number of ether oxygens (including phenoxy) is 2. The van der Waals surface area contributed by atoms with E-state index in [1.165, 1.54) is 35.6 Å². The van der Waals surface area contributed by atoms with Gasteiger partial charge in [-0.2, -0.15) is 0 Å². The minimum absolute atomic E-state index is 0.0218. The average molecular weight is 381 g/mol. The Labute approximate surface area is 150 Å². The topological polar surface area (TPSA) is 95.7 Å². The van der Waals surface area contributed by atoms with E-state index in [1.54, 1.807) is 11.3 Å². The molecule has 0 spiro atoms. The molecule has 25 heavy (non-hydrogen) atoms. The zero-order valence-corrected chi connectivity index (χ0v) is 15.2. The van der Waals surface area contributed by atoms with Crippen molar-refractivity contribution in [3.8, 4) is 5.75 Å². The summed E-state index contributed by atoms with van der Waals surface area (Å²) in [4.78, 5) is 13.5. The molecule has 0 radical (unpaired) electrons. The third-order valence-corrected chi connectivity index (χ3v) is 6.04. The number of primary sulfonamides is 1. The van der Waals surface area contributed by atoms with Crippen LogP contribution in [0.5, 0.6) is 5.75 Å². The monoisotopic (exact) mass is 381 g/mol. The first-order valence-electron chi connectivity index (χ1n) is 7.97. The summed E-state index contributed by atoms with van der Waals surface area (Å²) in [6, 6.07) is 5.76. The smallest absolute Gasteiger partial charge is 0.339 e. The van der Waals surface area contributed by atoms with Crippen LogP contribution in [0.25, 0.3) is 0 Å². The first kappa shape index (κ1) is 17.9. The van der Waals surface area contributed by atoms with Crippen molar-refractivity contribution in [2.75, 3.05) is 13.2 Å². The number of carbonyl (C=O) groups excluding carboxylic acids is 1. The Morgan fingerprint density at radius 2 is 1.84 bits per heavy atom. The first-order valence-corrected chi connectivity index (χ1v) is 10.4. The molecule has 0 amide bonds. The highest BCUT2D eigenvalue weighted by molar-refractivity contribution is 7.89. The van der Waals surface area contributed by atoms with Gasteiger partial charge < -0.3 is 9.47 Å². The fourth-order valence-corrected chi connectivity index (χ4v) is 4.39. The van der Waals surface area contributed by atoms with Gasteiger partial charge in [0.05, 0.1) is 10.5 Å². The Kier molecular flexibility index (Phi) is 5.41. The summed E-state index contributed by atoms with van der Waals surface area (Å²) in [7, 11) is -3.71. The largest absolute Gasteiger partial charge is 0.490 e. The molecule has 0 saturated carbocycles. The van der Waals surface area contributed by atoms with E-state index in [0.717, 1.165) is 24.8 Å². The van der Waals surface area contributed by atoms with Crippen LogP contribution >= 0.6 is 11.3 Å². The molecule has 0 fully saturated rings. The fraction of sp³-hybridized carbons (Fsp3) is 0.353. The third kappa shape index (κ3) is 4.39. The second-order valence-corrected chi connectivity index (χ2v) is 8.28. The number of benzene rings is 1. The zero-order valence-electron chi connectivity index (χ0n) is 13.6. The number of sulfonamides is 1. The Morgan fingerprint density at radius 1 is 1.12 bits per heavy atom. The molecule has 1 aromatic heterocycles. The van der Waals surface area contributed by atoms with Gasteiger partial charge in [0.15, 0.2) is 0 Å². The quantitative estimate of drug-likeness (QED) is 0.613. The molecule has 2 aromatic rings. The van der Waals surface area contributed by atoms with Crippen LogP contribution in [-0.4, -0.2) is 27.6 Å². The third-order valence-electron chi connectivity index (χ3n) is 4.02. The van der Waals surface area contributed by atoms with E-state index in [9.17, 15) is 13.2 Å². The van der Waals surface area contributed by atoms with E-state index in [-0.39, 0.29) is 24.1 Å². The van der Waals surface area contributed by atoms with Gasteiger partial charge in [-0.25, -0.2) is 18.4 Å². The van der Waals surface area contributed by atoms with Crippen LogP contribution in [-0.2, 0) is 27.6 Å². The van der Waals surface area contributed by atoms with Crippen LogP contribution in [0.1, 0.15) is 33.6 Å². The second-order valence-electron chi connectivity index (χ2n) is 5.76. The summed E-state index contributed by atoms with van der Waals surface area (Å²) in [5, 5.41) is 6.91. The molecule has 0 bridgehead atoms. The lowest BCUT2D eigenvalue weighted by molar-refractivity contribution is 0.0449. The minimum Gasteiger partial charge on any atom is -0.490 e. The van der Waals surface area contributed by atoms with E-state index in [0.29, 0.717) is 11.3 Å². The summed E-state index contributed by atoms with van der Waals surface area (Å²) in [5.41, 5.74) is 1.82. The van der Waals surface area contributed by atoms with Gasteiger partial charge in [0, 0.05) is 10.3 Å². The predicted molar refractivity (Wildman–Crippen MR) is 94.6 cm³/mol. The normalized spacial score (nSPS) is 14.0. The Hall–Kier alpha value is -1.90. The minimum atomic E-state index is -3.71. The number of hydrogen-bond acceptors (Lipinski definition) is 6. The van der Waals surface area contributed by atoms with Gasteiger partial charge in [0.1, 0.15) is 19.0 Å². The predicted octanol–water partition coefficient (Wildman–Crippen LogP) is 2.51. The van der Waals surface area contributed by atoms with Crippen LogP contribution in [0, 0.1) is 0 Å². The molecular formula is C17H19NO5S2. The molecule has 0 saturated heterocycles. The standard InChI is InChI=1S/C17H19NO5S2/c18-25(20,21)13-7-5-12(6-8-13)22-9-10-23-17(19)15-11-24-16-4-2-1-3-14(15)16/h5-8,11H,1-4,9-10H2,(H2,18,20,21). The summed E-state index contributed by atoms with van der Waals surface area (Å²) in [6.07, 6.45) is 4.28. The molecule has 6 nitrogen and oxygen atoms in total. The molecule has 8 heteroatoms. The summed E-state index contributed by atoms with van der Waals surface area (Å²) in [6.45, 7) is 0.313. The SMILES string of the molecule is NS(=O)(=O)c1ccc(OCCOC(=O)c2csc3c2CCCC3)cc1. The lowest BCUT2D eigenvalue weighted by atomic mass is 9.96. The summed E-state index contributed by atoms with van der Waals surface area (Å²) < 4.78 is 33.1. The molecule has 2 N–H and O–H groups in total. The molecule has 3 rings (SSSR count). The van der Waals surface area contributed by atoms with E-state index in [1.807, 2.05) is 5.38 Å². The van der Waals surface area contributed by atoms with Crippen LogP contribution in [0.2, 0.25) is 0 Å². The van der Waals surface area contributed by atoms with Gasteiger partial charge in [-0.05, 0) is 55.5 Å². The maximum Gasteiger partial charge on any atom is 0.339 e. The van der Waals surface area contributed by atoms with Gasteiger partial charge >= 0.3 is 5.97 Å². The van der Waals surface area contributed by atoms with Crippen LogP contribution in [0.3, 0.4) is 0 Å². The summed E-state index contributed by atoms with van der Waals surface area (Å²) >= 11 is 1.63. The number of thiophene rings is 1. The van der Waals surface area contributed by atoms with Crippen molar-refractivity contribution in [3.63, 3.8) is 0 Å². The number of carbonyl (C=O) groups is 1. The van der Waals surface area contributed by atoms with Crippen LogP contribution < -0.4 is 9.88 Å². The maximum atomic E-state index is 12.2. The van der Waals surface area contributed by atoms with Crippen molar-refractivity contribution < 1.29 is 22.7 Å². The Balaban J connectivity index is 1.48. The lowest BCUT2D eigenvalue weighted by Gasteiger charge is -2.12. The molecule has 1 heterocycles. The van der Waals surface area contributed by atoms with E-state index in [4.69, 9.17) is 14.6 Å². The number of aryl methyl sites for hydroxylation is 1. The van der Waals surface area contributed by atoms with E-state index < -0.39 is 10.0 Å². The van der Waals surface area contributed by atoms with Gasteiger partial charge in [-0.3, -0.25) is 0 Å². The van der Waals surface area contributed by atoms with Gasteiger partial charge in [-0.15, -0.1) is 11.3 Å². The van der Waals surface area contributed by atoms with E-state index in [2.05, 4.69) is 0 Å². The molecule has 0 atom stereocenters. The fourth-order valence-electron chi connectivity index (χ4n) is 2.76. The highest BCUT2D eigenvalue weighted by atomic mass is 32.2. The molecule has 0 aliphatic heterocycles. The Morgan fingerprint density at radius 3 is 2.56 bits per heavy atom. The van der Waals surface area contributed by atoms with E-state index >= 15 is 0 Å². The summed E-state index contributed by atoms with van der Waals surface area (Å²) in [5.74, 6) is 0.170. The first-order chi connectivity index (χ1) is 11.9. The van der Waals surface area contributed by atoms with Crippen molar-refractivity contribution >= 4 is 27.3 Å². The number of rotatable bonds is 6. The average Bonchev–Trinajstić information content (AvgIpc) is 3.02. The maximum absolute atomic E-state index is 12.2. The van der Waals surface area contributed by atoms with Crippen LogP contribution in [0.4, 0.5) is 0 Å². The Bertz CT molecular complexity index is 856. The number of nitrogens with two attached hydrogens (primary N) is 1. The number of esters is 1. The van der Waals surface area contributed by atoms with Crippen molar-refractivity contribution in [3.05, 3.63) is 45.6 Å². The van der Waals surface area contributed by atoms with Crippen LogP contribution in [0.15, 0.2) is 34.5 Å². The highest BCUT2D eigenvalue weighted by Crippen LogP contribution is 2.30. The van der Waals surface area contributed by atoms with Crippen molar-refractivity contribution in [1.82, 2.24) is 0 Å². The lowest BCUT2D eigenvalue weighted by Crippen LogP contribution is -2.14. The van der Waals surface area contributed by atoms with Gasteiger partial charge in [0.25, 0.3) is 0 Å². The zero-order chi connectivity index (χ0) is 17.9. The second kappa shape index (κ2) is 7.55. The molecule has 0 unspecified atom stereocenters.